The minimum Gasteiger partial charge on any atom is -0.386 e. The van der Waals surface area contributed by atoms with E-state index in [2.05, 4.69) is 37.1 Å². The van der Waals surface area contributed by atoms with Crippen LogP contribution in [0.4, 0.5) is 0 Å². The van der Waals surface area contributed by atoms with Crippen LogP contribution in [0, 0.1) is 20.8 Å². The first kappa shape index (κ1) is 13.8. The second-order valence-electron chi connectivity index (χ2n) is 5.24. The highest BCUT2D eigenvalue weighted by Gasteiger charge is 2.15. The number of hydrogen-bond donors (Lipinski definition) is 1. The molecule has 1 aromatic carbocycles. The van der Waals surface area contributed by atoms with Crippen molar-refractivity contribution in [2.45, 2.75) is 46.8 Å². The number of aromatic nitrogens is 2. The molecule has 1 unspecified atom stereocenters. The summed E-state index contributed by atoms with van der Waals surface area (Å²) in [6, 6.07) is 8.39. The third kappa shape index (κ3) is 3.24. The van der Waals surface area contributed by atoms with Crippen LogP contribution in [0.1, 0.15) is 41.1 Å². The fourth-order valence-corrected chi connectivity index (χ4v) is 2.60. The van der Waals surface area contributed by atoms with Gasteiger partial charge in [0, 0.05) is 13.0 Å². The molecule has 3 heteroatoms. The summed E-state index contributed by atoms with van der Waals surface area (Å²) >= 11 is 0. The Morgan fingerprint density at radius 2 is 1.74 bits per heavy atom. The zero-order valence-corrected chi connectivity index (χ0v) is 12.1. The van der Waals surface area contributed by atoms with Crippen molar-refractivity contribution in [2.24, 2.45) is 0 Å². The number of rotatable bonds is 4. The lowest BCUT2D eigenvalue weighted by atomic mass is 10.0. The van der Waals surface area contributed by atoms with Crippen LogP contribution >= 0.6 is 0 Å². The van der Waals surface area contributed by atoms with Gasteiger partial charge in [-0.1, -0.05) is 29.3 Å². The normalized spacial score (nSPS) is 12.7. The fourth-order valence-electron chi connectivity index (χ4n) is 2.60. The maximum absolute atomic E-state index is 10.4. The van der Waals surface area contributed by atoms with Gasteiger partial charge in [-0.05, 0) is 39.3 Å². The standard InChI is InChI=1S/C16H22N2O/c1-5-18-15(9-13(4)17-18)16(19)10-14-7-11(2)6-12(3)8-14/h6-9,16,19H,5,10H2,1-4H3. The van der Waals surface area contributed by atoms with E-state index in [1.165, 1.54) is 16.7 Å². The van der Waals surface area contributed by atoms with Gasteiger partial charge in [0.1, 0.15) is 0 Å². The number of aliphatic hydroxyl groups excluding tert-OH is 1. The summed E-state index contributed by atoms with van der Waals surface area (Å²) in [4.78, 5) is 0. The van der Waals surface area contributed by atoms with Gasteiger partial charge in [0.15, 0.2) is 0 Å². The average molecular weight is 258 g/mol. The molecule has 0 fully saturated rings. The first-order valence-electron chi connectivity index (χ1n) is 6.79. The largest absolute Gasteiger partial charge is 0.386 e. The second kappa shape index (κ2) is 5.57. The molecule has 0 aliphatic rings. The van der Waals surface area contributed by atoms with Crippen molar-refractivity contribution >= 4 is 0 Å². The van der Waals surface area contributed by atoms with Crippen LogP contribution in [0.3, 0.4) is 0 Å². The Morgan fingerprint density at radius 1 is 1.11 bits per heavy atom. The van der Waals surface area contributed by atoms with Crippen molar-refractivity contribution in [2.75, 3.05) is 0 Å². The Kier molecular flexibility index (Phi) is 4.05. The van der Waals surface area contributed by atoms with Crippen LogP contribution in [0.25, 0.3) is 0 Å². The smallest absolute Gasteiger partial charge is 0.0996 e. The van der Waals surface area contributed by atoms with Crippen molar-refractivity contribution in [1.29, 1.82) is 0 Å². The van der Waals surface area contributed by atoms with Crippen LogP contribution in [0.15, 0.2) is 24.3 Å². The molecular weight excluding hydrogens is 236 g/mol. The molecule has 2 rings (SSSR count). The summed E-state index contributed by atoms with van der Waals surface area (Å²) in [6.07, 6.45) is 0.135. The molecule has 0 bridgehead atoms. The van der Waals surface area contributed by atoms with Crippen molar-refractivity contribution in [3.63, 3.8) is 0 Å². The molecule has 0 saturated heterocycles. The zero-order chi connectivity index (χ0) is 14.0. The molecule has 19 heavy (non-hydrogen) atoms. The number of aryl methyl sites for hydroxylation is 4. The van der Waals surface area contributed by atoms with Gasteiger partial charge in [-0.25, -0.2) is 0 Å². The lowest BCUT2D eigenvalue weighted by Gasteiger charge is -2.13. The molecule has 0 saturated carbocycles. The van der Waals surface area contributed by atoms with E-state index >= 15 is 0 Å². The van der Waals surface area contributed by atoms with Crippen molar-refractivity contribution in [3.8, 4) is 0 Å². The van der Waals surface area contributed by atoms with E-state index in [1.807, 2.05) is 24.6 Å². The molecule has 3 nitrogen and oxygen atoms in total. The molecule has 2 aromatic rings. The third-order valence-corrected chi connectivity index (χ3v) is 3.28. The molecule has 0 aliphatic carbocycles. The molecule has 0 radical (unpaired) electrons. The van der Waals surface area contributed by atoms with Crippen LogP contribution in [-0.4, -0.2) is 14.9 Å². The van der Waals surface area contributed by atoms with Crippen molar-refractivity contribution < 1.29 is 5.11 Å². The number of hydrogen-bond acceptors (Lipinski definition) is 2. The summed E-state index contributed by atoms with van der Waals surface area (Å²) in [5.41, 5.74) is 5.51. The van der Waals surface area contributed by atoms with Gasteiger partial charge in [-0.2, -0.15) is 5.10 Å². The number of nitrogens with zero attached hydrogens (tertiary/aromatic N) is 2. The third-order valence-electron chi connectivity index (χ3n) is 3.28. The minimum atomic E-state index is -0.498. The van der Waals surface area contributed by atoms with E-state index in [1.54, 1.807) is 0 Å². The van der Waals surface area contributed by atoms with E-state index in [9.17, 15) is 5.11 Å². The molecule has 1 aromatic heterocycles. The Balaban J connectivity index is 2.22. The molecule has 0 aliphatic heterocycles. The van der Waals surface area contributed by atoms with Crippen LogP contribution in [-0.2, 0) is 13.0 Å². The van der Waals surface area contributed by atoms with Gasteiger partial charge in [0.25, 0.3) is 0 Å². The minimum absolute atomic E-state index is 0.498. The predicted octanol–water partition coefficient (Wildman–Crippen LogP) is 3.10. The molecule has 1 atom stereocenters. The highest BCUT2D eigenvalue weighted by molar-refractivity contribution is 5.29. The summed E-state index contributed by atoms with van der Waals surface area (Å²) in [7, 11) is 0. The van der Waals surface area contributed by atoms with E-state index in [0.717, 1.165) is 17.9 Å². The molecule has 102 valence electrons. The van der Waals surface area contributed by atoms with E-state index < -0.39 is 6.10 Å². The van der Waals surface area contributed by atoms with E-state index in [4.69, 9.17) is 0 Å². The van der Waals surface area contributed by atoms with Gasteiger partial charge >= 0.3 is 0 Å². The molecule has 0 amide bonds. The first-order chi connectivity index (χ1) is 8.99. The van der Waals surface area contributed by atoms with Gasteiger partial charge in [0.05, 0.1) is 17.5 Å². The van der Waals surface area contributed by atoms with Gasteiger partial charge < -0.3 is 5.11 Å². The monoisotopic (exact) mass is 258 g/mol. The highest BCUT2D eigenvalue weighted by Crippen LogP contribution is 2.21. The molecule has 0 spiro atoms. The summed E-state index contributed by atoms with van der Waals surface area (Å²) in [5.74, 6) is 0. The van der Waals surface area contributed by atoms with E-state index in [-0.39, 0.29) is 0 Å². The number of benzene rings is 1. The number of aliphatic hydroxyl groups is 1. The van der Waals surface area contributed by atoms with Crippen molar-refractivity contribution in [1.82, 2.24) is 9.78 Å². The SMILES string of the molecule is CCn1nc(C)cc1C(O)Cc1cc(C)cc(C)c1. The summed E-state index contributed by atoms with van der Waals surface area (Å²) in [6.45, 7) is 8.96. The average Bonchev–Trinajstić information content (AvgIpc) is 2.69. The Labute approximate surface area is 114 Å². The lowest BCUT2D eigenvalue weighted by molar-refractivity contribution is 0.167. The molecular formula is C16H22N2O. The Hall–Kier alpha value is -1.61. The second-order valence-corrected chi connectivity index (χ2v) is 5.24. The molecule has 1 N–H and O–H groups in total. The lowest BCUT2D eigenvalue weighted by Crippen LogP contribution is -2.10. The van der Waals surface area contributed by atoms with Crippen LogP contribution < -0.4 is 0 Å². The topological polar surface area (TPSA) is 38.0 Å². The van der Waals surface area contributed by atoms with Crippen LogP contribution in [0.2, 0.25) is 0 Å². The van der Waals surface area contributed by atoms with Gasteiger partial charge in [-0.15, -0.1) is 0 Å². The maximum atomic E-state index is 10.4. The quantitative estimate of drug-likeness (QED) is 0.915. The first-order valence-corrected chi connectivity index (χ1v) is 6.79. The van der Waals surface area contributed by atoms with Gasteiger partial charge in [-0.3, -0.25) is 4.68 Å². The summed E-state index contributed by atoms with van der Waals surface area (Å²) in [5, 5.41) is 14.8. The van der Waals surface area contributed by atoms with Gasteiger partial charge in [0.2, 0.25) is 0 Å². The highest BCUT2D eigenvalue weighted by atomic mass is 16.3. The van der Waals surface area contributed by atoms with Crippen molar-refractivity contribution in [3.05, 3.63) is 52.3 Å². The predicted molar refractivity (Wildman–Crippen MR) is 77.2 cm³/mol. The van der Waals surface area contributed by atoms with Crippen LogP contribution in [0.5, 0.6) is 0 Å². The molecule has 1 heterocycles. The maximum Gasteiger partial charge on any atom is 0.0996 e. The fraction of sp³-hybridized carbons (Fsp3) is 0.438. The zero-order valence-electron chi connectivity index (χ0n) is 12.1. The summed E-state index contributed by atoms with van der Waals surface area (Å²) < 4.78 is 1.88. The van der Waals surface area contributed by atoms with E-state index in [0.29, 0.717) is 6.42 Å². The Bertz CT molecular complexity index is 552. The Morgan fingerprint density at radius 3 is 2.32 bits per heavy atom.